The van der Waals surface area contributed by atoms with Crippen LogP contribution in [0.25, 0.3) is 0 Å². The van der Waals surface area contributed by atoms with E-state index in [4.69, 9.17) is 25.3 Å². The van der Waals surface area contributed by atoms with Gasteiger partial charge in [-0.15, -0.1) is 0 Å². The van der Waals surface area contributed by atoms with Gasteiger partial charge in [-0.1, -0.05) is 19.8 Å². The van der Waals surface area contributed by atoms with Crippen molar-refractivity contribution in [3.8, 4) is 0 Å². The molecule has 0 aliphatic carbocycles. The van der Waals surface area contributed by atoms with E-state index in [-0.39, 0.29) is 95.3 Å². The molecule has 5 nitrogen and oxygen atoms in total. The molecular weight excluding hydrogens is 232 g/mol. The van der Waals surface area contributed by atoms with Crippen molar-refractivity contribution >= 4 is 7.32 Å². The topological polar surface area (TPSA) is 110 Å². The largest absolute Gasteiger partial charge is 1.00 e. The van der Waals surface area contributed by atoms with Gasteiger partial charge in [0.2, 0.25) is 0 Å². The Kier molecular flexibility index (Phi) is 52.5. The van der Waals surface area contributed by atoms with Crippen molar-refractivity contribution in [2.45, 2.75) is 32.3 Å². The van der Waals surface area contributed by atoms with Crippen LogP contribution in [0.1, 0.15) is 26.2 Å². The fourth-order valence-electron chi connectivity index (χ4n) is 0.531. The zero-order valence-electron chi connectivity index (χ0n) is 10.1. The molecule has 74 valence electrons. The van der Waals surface area contributed by atoms with Gasteiger partial charge < -0.3 is 25.3 Å². The molecule has 15 heavy (non-hydrogen) atoms. The van der Waals surface area contributed by atoms with E-state index in [1.165, 1.54) is 0 Å². The van der Waals surface area contributed by atoms with Crippen LogP contribution in [0, 0.1) is 0 Å². The smallest absolute Gasteiger partial charge is 0.907 e. The van der Waals surface area contributed by atoms with Crippen LogP contribution in [0.5, 0.6) is 0 Å². The normalized spacial score (nSPS) is 9.20. The average molecular weight is 246 g/mol. The summed E-state index contributed by atoms with van der Waals surface area (Å²) in [6.07, 6.45) is 2.32. The van der Waals surface area contributed by atoms with Crippen molar-refractivity contribution in [3.63, 3.8) is 0 Å². The molecule has 0 spiro atoms. The minimum atomic E-state index is -2.92. The van der Waals surface area contributed by atoms with Crippen LogP contribution in [0.2, 0.25) is 0 Å². The molecule has 0 aliphatic heterocycles. The molecule has 2 N–H and O–H groups in total. The Morgan fingerprint density at radius 1 is 1.13 bits per heavy atom. The van der Waals surface area contributed by atoms with Gasteiger partial charge in [0.1, 0.15) is 0 Å². The zero-order chi connectivity index (χ0) is 9.98. The first-order valence-electron chi connectivity index (χ1n) is 3.81. The Labute approximate surface area is 158 Å². The molecule has 1 unspecified atom stereocenters. The molecule has 0 saturated carbocycles. The third kappa shape index (κ3) is 47.4. The Balaban J connectivity index is -0.0000000424. The van der Waals surface area contributed by atoms with Crippen LogP contribution in [0.3, 0.4) is 0 Å². The van der Waals surface area contributed by atoms with E-state index in [2.05, 4.69) is 6.92 Å². The quantitative estimate of drug-likeness (QED) is 0.478. The van der Waals surface area contributed by atoms with E-state index < -0.39 is 13.4 Å². The van der Waals surface area contributed by atoms with Gasteiger partial charge in [0.25, 0.3) is 0 Å². The van der Waals surface area contributed by atoms with Gasteiger partial charge in [-0.05, 0) is 6.42 Å². The number of rotatable bonds is 4. The van der Waals surface area contributed by atoms with Crippen molar-refractivity contribution in [2.75, 3.05) is 6.61 Å². The molecule has 0 rings (SSSR count). The fraction of sp³-hybridized carbons (Fsp3) is 1.00. The maximum Gasteiger partial charge on any atom is 1.00 e. The third-order valence-electron chi connectivity index (χ3n) is 1.10. The van der Waals surface area contributed by atoms with E-state index in [9.17, 15) is 0 Å². The molecule has 1 atom stereocenters. The Bertz CT molecular complexity index is 88.4. The molecule has 0 aromatic heterocycles. The molecule has 9 heteroatoms. The van der Waals surface area contributed by atoms with Gasteiger partial charge in [0, 0.05) is 0 Å². The minimum Gasteiger partial charge on any atom is -0.907 e. The van der Waals surface area contributed by atoms with E-state index in [1.807, 2.05) is 0 Å². The number of unbranched alkanes of at least 4 members (excludes halogenated alkanes) is 1. The van der Waals surface area contributed by atoms with Gasteiger partial charge in [-0.2, -0.15) is 0 Å². The van der Waals surface area contributed by atoms with Crippen LogP contribution in [-0.4, -0.2) is 30.2 Å². The van der Waals surface area contributed by atoms with E-state index >= 15 is 0 Å². The molecule has 0 radical (unpaired) electrons. The molecule has 0 fully saturated rings. The summed E-state index contributed by atoms with van der Waals surface area (Å²) in [5, 5.41) is 42.3. The zero-order valence-corrected chi connectivity index (χ0v) is 16.1. The summed E-state index contributed by atoms with van der Waals surface area (Å²) in [6, 6.07) is 0. The molecule has 0 heterocycles. The van der Waals surface area contributed by atoms with Crippen molar-refractivity contribution < 1.29 is 114 Å². The van der Waals surface area contributed by atoms with Gasteiger partial charge >= 0.3 is 88.7 Å². The number of hydrogen-bond donors (Lipinski definition) is 2. The SMILES string of the molecule is CCCCC(O)CO.[Na+].[Na+].[Na+].[O-]B([O-])[O-]. The van der Waals surface area contributed by atoms with Crippen molar-refractivity contribution in [3.05, 3.63) is 0 Å². The van der Waals surface area contributed by atoms with E-state index in [0.717, 1.165) is 19.3 Å². The Hall–Kier alpha value is 2.86. The first-order valence-corrected chi connectivity index (χ1v) is 3.81. The molecule has 0 amide bonds. The average Bonchev–Trinajstić information content (AvgIpc) is 1.99. The molecule has 0 aromatic rings. The van der Waals surface area contributed by atoms with Gasteiger partial charge in [0.05, 0.1) is 12.7 Å². The molecule has 0 saturated heterocycles. The van der Waals surface area contributed by atoms with Crippen LogP contribution in [-0.2, 0) is 0 Å². The summed E-state index contributed by atoms with van der Waals surface area (Å²) >= 11 is 0. The number of hydrogen-bond acceptors (Lipinski definition) is 5. The molecule has 0 bridgehead atoms. The summed E-state index contributed by atoms with van der Waals surface area (Å²) in [4.78, 5) is 0. The number of aliphatic hydroxyl groups is 2. The first-order chi connectivity index (χ1) is 5.54. The van der Waals surface area contributed by atoms with Crippen molar-refractivity contribution in [2.24, 2.45) is 0 Å². The molecule has 0 aliphatic rings. The molecule has 0 aromatic carbocycles. The first kappa shape index (κ1) is 30.7. The Morgan fingerprint density at radius 2 is 1.47 bits per heavy atom. The predicted molar refractivity (Wildman–Crippen MR) is 38.4 cm³/mol. The second-order valence-corrected chi connectivity index (χ2v) is 2.27. The van der Waals surface area contributed by atoms with E-state index in [0.29, 0.717) is 0 Å². The standard InChI is InChI=1S/C6H14O2.BO3.3Na/c1-2-3-4-6(8)5-7;2-1(3)4;;;/h6-8H,2-5H2,1H3;;;;/q;-3;3*+1. The third-order valence-corrected chi connectivity index (χ3v) is 1.10. The number of aliphatic hydroxyl groups excluding tert-OH is 2. The van der Waals surface area contributed by atoms with Crippen molar-refractivity contribution in [1.29, 1.82) is 0 Å². The summed E-state index contributed by atoms with van der Waals surface area (Å²) in [5.74, 6) is 0. The van der Waals surface area contributed by atoms with Crippen LogP contribution < -0.4 is 104 Å². The fourth-order valence-corrected chi connectivity index (χ4v) is 0.531. The maximum absolute atomic E-state index is 8.74. The second-order valence-electron chi connectivity index (χ2n) is 2.27. The van der Waals surface area contributed by atoms with E-state index in [1.54, 1.807) is 0 Å². The minimum absolute atomic E-state index is 0. The Morgan fingerprint density at radius 3 is 1.67 bits per heavy atom. The second kappa shape index (κ2) is 25.6. The summed E-state index contributed by atoms with van der Waals surface area (Å²) in [5.41, 5.74) is 0. The van der Waals surface area contributed by atoms with Gasteiger partial charge in [-0.25, -0.2) is 0 Å². The molecular formula is C6H14BNa3O5. The summed E-state index contributed by atoms with van der Waals surface area (Å²) in [7, 11) is -2.92. The van der Waals surface area contributed by atoms with Crippen LogP contribution >= 0.6 is 0 Å². The van der Waals surface area contributed by atoms with Crippen LogP contribution in [0.4, 0.5) is 0 Å². The maximum atomic E-state index is 8.74. The monoisotopic (exact) mass is 246 g/mol. The van der Waals surface area contributed by atoms with Gasteiger partial charge in [0.15, 0.2) is 0 Å². The van der Waals surface area contributed by atoms with Crippen LogP contribution in [0.15, 0.2) is 0 Å². The summed E-state index contributed by atoms with van der Waals surface area (Å²) in [6.45, 7) is 1.96. The predicted octanol–water partition coefficient (Wildman–Crippen LogP) is -12.4. The van der Waals surface area contributed by atoms with Gasteiger partial charge in [-0.3, -0.25) is 7.32 Å². The summed E-state index contributed by atoms with van der Waals surface area (Å²) < 4.78 is 0. The van der Waals surface area contributed by atoms with Crippen molar-refractivity contribution in [1.82, 2.24) is 0 Å².